The molecule has 128 valence electrons. The Balaban J connectivity index is 2.17. The third kappa shape index (κ3) is 3.03. The fourth-order valence-corrected chi connectivity index (χ4v) is 2.60. The number of halogens is 2. The van der Waals surface area contributed by atoms with E-state index in [1.165, 1.54) is 36.2 Å². The van der Waals surface area contributed by atoms with Crippen molar-refractivity contribution in [3.8, 4) is 5.75 Å². The minimum absolute atomic E-state index is 0.00519. The Morgan fingerprint density at radius 3 is 2.80 bits per heavy atom. The van der Waals surface area contributed by atoms with Crippen molar-refractivity contribution in [2.24, 2.45) is 0 Å². The molecule has 0 aliphatic carbocycles. The largest absolute Gasteiger partial charge is 0.494 e. The van der Waals surface area contributed by atoms with Gasteiger partial charge in [-0.1, -0.05) is 17.7 Å². The van der Waals surface area contributed by atoms with E-state index in [1.54, 1.807) is 0 Å². The zero-order valence-electron chi connectivity index (χ0n) is 12.9. The van der Waals surface area contributed by atoms with Gasteiger partial charge in [-0.15, -0.1) is 0 Å². The lowest BCUT2D eigenvalue weighted by atomic mass is 10.2. The van der Waals surface area contributed by atoms with Gasteiger partial charge in [0.05, 0.1) is 31.2 Å². The van der Waals surface area contributed by atoms with Crippen LogP contribution in [0.3, 0.4) is 0 Å². The van der Waals surface area contributed by atoms with Gasteiger partial charge in [-0.25, -0.2) is 19.2 Å². The van der Waals surface area contributed by atoms with Crippen LogP contribution >= 0.6 is 11.6 Å². The second kappa shape index (κ2) is 6.48. The number of methoxy groups -OCH3 is 1. The monoisotopic (exact) mass is 363 g/mol. The summed E-state index contributed by atoms with van der Waals surface area (Å²) >= 11 is 5.75. The van der Waals surface area contributed by atoms with Gasteiger partial charge in [-0.3, -0.25) is 9.36 Å². The van der Waals surface area contributed by atoms with Crippen LogP contribution in [0.5, 0.6) is 5.75 Å². The first-order valence-corrected chi connectivity index (χ1v) is 7.39. The molecule has 0 saturated heterocycles. The molecular formula is C16H11ClFN3O4. The zero-order chi connectivity index (χ0) is 18.1. The fourth-order valence-electron chi connectivity index (χ4n) is 2.40. The molecule has 0 atom stereocenters. The van der Waals surface area contributed by atoms with Gasteiger partial charge in [-0.2, -0.15) is 0 Å². The first-order chi connectivity index (χ1) is 11.9. The Kier molecular flexibility index (Phi) is 4.37. The van der Waals surface area contributed by atoms with Gasteiger partial charge in [0.2, 0.25) is 0 Å². The molecule has 1 N–H and O–H groups in total. The number of nitrogens with zero attached hydrogens (tertiary/aromatic N) is 3. The molecule has 0 bridgehead atoms. The van der Waals surface area contributed by atoms with Crippen molar-refractivity contribution in [1.29, 1.82) is 0 Å². The third-order valence-corrected chi connectivity index (χ3v) is 3.87. The highest BCUT2D eigenvalue weighted by Gasteiger charge is 2.19. The summed E-state index contributed by atoms with van der Waals surface area (Å²) in [5.41, 5.74) is -0.330. The summed E-state index contributed by atoms with van der Waals surface area (Å²) in [5, 5.41) is 9.14. The van der Waals surface area contributed by atoms with Crippen molar-refractivity contribution in [2.45, 2.75) is 6.54 Å². The van der Waals surface area contributed by atoms with E-state index in [0.29, 0.717) is 5.56 Å². The first kappa shape index (κ1) is 16.8. The van der Waals surface area contributed by atoms with Gasteiger partial charge in [-0.05, 0) is 17.7 Å². The highest BCUT2D eigenvalue weighted by molar-refractivity contribution is 6.30. The molecule has 0 fully saturated rings. The second-order valence-electron chi connectivity index (χ2n) is 5.13. The summed E-state index contributed by atoms with van der Waals surface area (Å²) in [4.78, 5) is 31.8. The molecule has 3 rings (SSSR count). The maximum Gasteiger partial charge on any atom is 0.356 e. The predicted molar refractivity (Wildman–Crippen MR) is 87.8 cm³/mol. The molecule has 7 nitrogen and oxygen atoms in total. The molecule has 0 aliphatic rings. The van der Waals surface area contributed by atoms with E-state index in [1.807, 2.05) is 0 Å². The molecule has 0 aliphatic heterocycles. The summed E-state index contributed by atoms with van der Waals surface area (Å²) in [7, 11) is 1.34. The van der Waals surface area contributed by atoms with Gasteiger partial charge in [0, 0.05) is 0 Å². The van der Waals surface area contributed by atoms with Gasteiger partial charge in [0.15, 0.2) is 11.4 Å². The van der Waals surface area contributed by atoms with Crippen molar-refractivity contribution in [1.82, 2.24) is 14.5 Å². The molecule has 2 heterocycles. The van der Waals surface area contributed by atoms with Crippen molar-refractivity contribution in [3.63, 3.8) is 0 Å². The predicted octanol–water partition coefficient (Wildman–Crippen LogP) is 2.34. The molecule has 25 heavy (non-hydrogen) atoms. The molecule has 0 radical (unpaired) electrons. The maximum atomic E-state index is 13.3. The maximum absolute atomic E-state index is 13.3. The highest BCUT2D eigenvalue weighted by Crippen LogP contribution is 2.22. The van der Waals surface area contributed by atoms with Crippen LogP contribution in [-0.2, 0) is 6.54 Å². The zero-order valence-corrected chi connectivity index (χ0v) is 13.6. The summed E-state index contributed by atoms with van der Waals surface area (Å²) in [5.74, 6) is -1.75. The van der Waals surface area contributed by atoms with Gasteiger partial charge in [0.1, 0.15) is 16.7 Å². The quantitative estimate of drug-likeness (QED) is 0.764. The number of pyridine rings is 1. The molecule has 3 aromatic rings. The minimum Gasteiger partial charge on any atom is -0.494 e. The lowest BCUT2D eigenvalue weighted by molar-refractivity contribution is 0.0692. The Morgan fingerprint density at radius 1 is 1.40 bits per heavy atom. The van der Waals surface area contributed by atoms with E-state index in [4.69, 9.17) is 16.3 Å². The molecule has 2 aromatic heterocycles. The summed E-state index contributed by atoms with van der Waals surface area (Å²) < 4.78 is 19.6. The average Bonchev–Trinajstić information content (AvgIpc) is 2.59. The average molecular weight is 364 g/mol. The fraction of sp³-hybridized carbons (Fsp3) is 0.125. The number of aromatic carboxylic acids is 1. The molecular weight excluding hydrogens is 353 g/mol. The van der Waals surface area contributed by atoms with Crippen LogP contribution in [0, 0.1) is 5.82 Å². The summed E-state index contributed by atoms with van der Waals surface area (Å²) in [6.07, 6.45) is 2.36. The molecule has 0 saturated carbocycles. The van der Waals surface area contributed by atoms with Crippen molar-refractivity contribution in [3.05, 3.63) is 63.2 Å². The number of fused-ring (bicyclic) bond motifs is 1. The van der Waals surface area contributed by atoms with E-state index in [0.717, 1.165) is 6.20 Å². The number of rotatable bonds is 4. The minimum atomic E-state index is -1.30. The van der Waals surface area contributed by atoms with Crippen LogP contribution in [0.15, 0.2) is 35.5 Å². The van der Waals surface area contributed by atoms with E-state index in [9.17, 15) is 19.1 Å². The van der Waals surface area contributed by atoms with Crippen LogP contribution in [0.2, 0.25) is 5.02 Å². The van der Waals surface area contributed by atoms with Crippen molar-refractivity contribution in [2.75, 3.05) is 7.11 Å². The number of carboxylic acid groups (broad SMARTS) is 1. The number of aromatic nitrogens is 3. The Bertz CT molecular complexity index is 1050. The normalized spacial score (nSPS) is 10.8. The topological polar surface area (TPSA) is 94.3 Å². The molecule has 1 aromatic carbocycles. The lowest BCUT2D eigenvalue weighted by Gasteiger charge is -2.10. The number of hydrogen-bond donors (Lipinski definition) is 1. The van der Waals surface area contributed by atoms with Crippen molar-refractivity contribution < 1.29 is 19.0 Å². The number of carboxylic acids is 1. The number of benzene rings is 1. The first-order valence-electron chi connectivity index (χ1n) is 7.01. The standard InChI is InChI=1S/C16H11ClFN3O4/c1-25-11-5-19-14(16(23)24)13-12(11)15(22)21(7-20-13)6-8-2-3-10(18)9(17)4-8/h2-5,7H,6H2,1H3,(H,23,24). The van der Waals surface area contributed by atoms with Crippen LogP contribution in [-0.4, -0.2) is 32.7 Å². The molecule has 9 heteroatoms. The molecule has 0 spiro atoms. The Labute approximate surface area is 145 Å². The molecule has 0 unspecified atom stereocenters. The number of hydrogen-bond acceptors (Lipinski definition) is 5. The molecule has 0 amide bonds. The van der Waals surface area contributed by atoms with Gasteiger partial charge in [0.25, 0.3) is 5.56 Å². The van der Waals surface area contributed by atoms with E-state index < -0.39 is 17.3 Å². The van der Waals surface area contributed by atoms with E-state index >= 15 is 0 Å². The van der Waals surface area contributed by atoms with Crippen LogP contribution in [0.1, 0.15) is 16.1 Å². The van der Waals surface area contributed by atoms with Crippen LogP contribution in [0.25, 0.3) is 10.9 Å². The SMILES string of the molecule is COc1cnc(C(=O)O)c2ncn(Cc3ccc(F)c(Cl)c3)c(=O)c12. The van der Waals surface area contributed by atoms with Crippen molar-refractivity contribution >= 4 is 28.5 Å². The number of ether oxygens (including phenoxy) is 1. The smallest absolute Gasteiger partial charge is 0.356 e. The van der Waals surface area contributed by atoms with Crippen LogP contribution < -0.4 is 10.3 Å². The second-order valence-corrected chi connectivity index (χ2v) is 5.54. The Morgan fingerprint density at radius 2 is 2.16 bits per heavy atom. The van der Waals surface area contributed by atoms with Gasteiger partial charge < -0.3 is 9.84 Å². The lowest BCUT2D eigenvalue weighted by Crippen LogP contribution is -2.23. The third-order valence-electron chi connectivity index (χ3n) is 3.58. The van der Waals surface area contributed by atoms with Crippen LogP contribution in [0.4, 0.5) is 4.39 Å². The summed E-state index contributed by atoms with van der Waals surface area (Å²) in [6, 6.07) is 4.09. The number of carbonyl (C=O) groups is 1. The highest BCUT2D eigenvalue weighted by atomic mass is 35.5. The van der Waals surface area contributed by atoms with E-state index in [2.05, 4.69) is 9.97 Å². The van der Waals surface area contributed by atoms with E-state index in [-0.39, 0.29) is 33.9 Å². The van der Waals surface area contributed by atoms with Gasteiger partial charge >= 0.3 is 5.97 Å². The summed E-state index contributed by atoms with van der Waals surface area (Å²) in [6.45, 7) is 0.0790. The Hall–Kier alpha value is -3.00.